The molecule has 0 unspecified atom stereocenters. The van der Waals surface area contributed by atoms with E-state index >= 15 is 0 Å². The molecule has 0 heterocycles. The fourth-order valence-electron chi connectivity index (χ4n) is 1.46. The van der Waals surface area contributed by atoms with Crippen LogP contribution in [0.15, 0.2) is 56.7 Å². The molecule has 0 amide bonds. The second-order valence-electron chi connectivity index (χ2n) is 3.84. The molecule has 0 aromatic heterocycles. The van der Waals surface area contributed by atoms with Crippen molar-refractivity contribution in [1.82, 2.24) is 0 Å². The van der Waals surface area contributed by atoms with Crippen molar-refractivity contribution < 1.29 is 5.11 Å². The third kappa shape index (κ3) is 3.35. The maximum atomic E-state index is 9.05. The summed E-state index contributed by atoms with van der Waals surface area (Å²) in [7, 11) is 0. The van der Waals surface area contributed by atoms with Gasteiger partial charge in [0.25, 0.3) is 0 Å². The lowest BCUT2D eigenvalue weighted by atomic mass is 10.2. The summed E-state index contributed by atoms with van der Waals surface area (Å²) in [6.45, 7) is 2.16. The molecule has 1 N–H and O–H groups in total. The third-order valence-electron chi connectivity index (χ3n) is 2.43. The quantitative estimate of drug-likeness (QED) is 0.907. The minimum Gasteiger partial charge on any atom is -0.392 e. The predicted molar refractivity (Wildman–Crippen MR) is 75.4 cm³/mol. The van der Waals surface area contributed by atoms with E-state index in [9.17, 15) is 0 Å². The topological polar surface area (TPSA) is 20.2 Å². The van der Waals surface area contributed by atoms with Gasteiger partial charge in [-0.1, -0.05) is 35.5 Å². The molecule has 0 radical (unpaired) electrons. The van der Waals surface area contributed by atoms with Gasteiger partial charge in [0.1, 0.15) is 0 Å². The van der Waals surface area contributed by atoms with Crippen molar-refractivity contribution in [3.8, 4) is 0 Å². The van der Waals surface area contributed by atoms with Gasteiger partial charge in [-0.25, -0.2) is 0 Å². The first-order valence-electron chi connectivity index (χ1n) is 5.33. The van der Waals surface area contributed by atoms with Crippen molar-refractivity contribution in [1.29, 1.82) is 0 Å². The van der Waals surface area contributed by atoms with Crippen molar-refractivity contribution in [2.24, 2.45) is 0 Å². The molecule has 2 aromatic rings. The van der Waals surface area contributed by atoms with Crippen molar-refractivity contribution in [3.05, 3.63) is 58.1 Å². The summed E-state index contributed by atoms with van der Waals surface area (Å²) in [6.07, 6.45) is 0. The van der Waals surface area contributed by atoms with E-state index in [2.05, 4.69) is 47.1 Å². The standard InChI is InChI=1S/C14H13BrOS/c1-10-2-5-12(6-3-10)17-14-7-4-11(9-16)8-13(14)15/h2-8,16H,9H2,1H3. The maximum absolute atomic E-state index is 9.05. The van der Waals surface area contributed by atoms with E-state index < -0.39 is 0 Å². The van der Waals surface area contributed by atoms with Crippen LogP contribution in [0.2, 0.25) is 0 Å². The van der Waals surface area contributed by atoms with E-state index in [1.54, 1.807) is 11.8 Å². The van der Waals surface area contributed by atoms with Gasteiger partial charge in [-0.2, -0.15) is 0 Å². The van der Waals surface area contributed by atoms with Crippen LogP contribution >= 0.6 is 27.7 Å². The minimum absolute atomic E-state index is 0.0775. The van der Waals surface area contributed by atoms with Crippen LogP contribution in [-0.2, 0) is 6.61 Å². The molecule has 3 heteroatoms. The van der Waals surface area contributed by atoms with Gasteiger partial charge >= 0.3 is 0 Å². The van der Waals surface area contributed by atoms with Gasteiger partial charge in [0.05, 0.1) is 6.61 Å². The average molecular weight is 309 g/mol. The zero-order valence-electron chi connectivity index (χ0n) is 9.48. The van der Waals surface area contributed by atoms with Crippen LogP contribution in [0.4, 0.5) is 0 Å². The molecular formula is C14H13BrOS. The van der Waals surface area contributed by atoms with Crippen molar-refractivity contribution in [3.63, 3.8) is 0 Å². The Kier molecular flexibility index (Phi) is 4.26. The van der Waals surface area contributed by atoms with E-state index in [0.29, 0.717) is 0 Å². The highest BCUT2D eigenvalue weighted by Crippen LogP contribution is 2.34. The molecule has 0 aliphatic carbocycles. The molecule has 0 saturated heterocycles. The van der Waals surface area contributed by atoms with Crippen molar-refractivity contribution in [2.45, 2.75) is 23.3 Å². The van der Waals surface area contributed by atoms with Crippen LogP contribution in [-0.4, -0.2) is 5.11 Å². The first kappa shape index (κ1) is 12.7. The Morgan fingerprint density at radius 3 is 2.41 bits per heavy atom. The minimum atomic E-state index is 0.0775. The molecule has 88 valence electrons. The number of aliphatic hydroxyl groups excluding tert-OH is 1. The Hall–Kier alpha value is -0.770. The summed E-state index contributed by atoms with van der Waals surface area (Å²) in [5.41, 5.74) is 2.19. The zero-order chi connectivity index (χ0) is 12.3. The number of rotatable bonds is 3. The largest absolute Gasteiger partial charge is 0.392 e. The number of hydrogen-bond donors (Lipinski definition) is 1. The lowest BCUT2D eigenvalue weighted by Gasteiger charge is -2.06. The summed E-state index contributed by atoms with van der Waals surface area (Å²) >= 11 is 5.24. The molecule has 17 heavy (non-hydrogen) atoms. The Balaban J connectivity index is 2.21. The van der Waals surface area contributed by atoms with Crippen LogP contribution < -0.4 is 0 Å². The van der Waals surface area contributed by atoms with Crippen molar-refractivity contribution in [2.75, 3.05) is 0 Å². The number of aliphatic hydroxyl groups is 1. The van der Waals surface area contributed by atoms with E-state index in [-0.39, 0.29) is 6.61 Å². The Morgan fingerprint density at radius 2 is 1.82 bits per heavy atom. The SMILES string of the molecule is Cc1ccc(Sc2ccc(CO)cc2Br)cc1. The molecule has 0 atom stereocenters. The van der Waals surface area contributed by atoms with Crippen LogP contribution in [0.25, 0.3) is 0 Å². The molecule has 2 rings (SSSR count). The highest BCUT2D eigenvalue weighted by atomic mass is 79.9. The lowest BCUT2D eigenvalue weighted by Crippen LogP contribution is -1.84. The Bertz CT molecular complexity index is 508. The van der Waals surface area contributed by atoms with Gasteiger partial charge < -0.3 is 5.11 Å². The van der Waals surface area contributed by atoms with Crippen LogP contribution in [0, 0.1) is 6.92 Å². The van der Waals surface area contributed by atoms with E-state index in [1.807, 2.05) is 18.2 Å². The fraction of sp³-hybridized carbons (Fsp3) is 0.143. The zero-order valence-corrected chi connectivity index (χ0v) is 11.9. The summed E-state index contributed by atoms with van der Waals surface area (Å²) in [6, 6.07) is 14.4. The highest BCUT2D eigenvalue weighted by molar-refractivity contribution is 9.10. The molecule has 0 saturated carbocycles. The highest BCUT2D eigenvalue weighted by Gasteiger charge is 2.03. The molecule has 0 aliphatic rings. The van der Waals surface area contributed by atoms with Gasteiger partial charge in [-0.05, 0) is 52.7 Å². The van der Waals surface area contributed by atoms with E-state index in [1.165, 1.54) is 10.5 Å². The van der Waals surface area contributed by atoms with Crippen LogP contribution in [0.5, 0.6) is 0 Å². The fourth-order valence-corrected chi connectivity index (χ4v) is 2.95. The second kappa shape index (κ2) is 5.71. The number of aryl methyl sites for hydroxylation is 1. The van der Waals surface area contributed by atoms with Crippen LogP contribution in [0.1, 0.15) is 11.1 Å². The van der Waals surface area contributed by atoms with Crippen molar-refractivity contribution >= 4 is 27.7 Å². The number of halogens is 1. The maximum Gasteiger partial charge on any atom is 0.0682 e. The smallest absolute Gasteiger partial charge is 0.0682 e. The first-order valence-corrected chi connectivity index (χ1v) is 6.94. The Morgan fingerprint density at radius 1 is 1.12 bits per heavy atom. The summed E-state index contributed by atoms with van der Waals surface area (Å²) in [5.74, 6) is 0. The van der Waals surface area contributed by atoms with E-state index in [0.717, 1.165) is 14.9 Å². The van der Waals surface area contributed by atoms with Gasteiger partial charge in [0.2, 0.25) is 0 Å². The van der Waals surface area contributed by atoms with Crippen LogP contribution in [0.3, 0.4) is 0 Å². The molecule has 0 spiro atoms. The number of hydrogen-bond acceptors (Lipinski definition) is 2. The summed E-state index contributed by atoms with van der Waals surface area (Å²) < 4.78 is 1.02. The molecular weight excluding hydrogens is 296 g/mol. The predicted octanol–water partition coefficient (Wildman–Crippen LogP) is 4.40. The molecule has 0 bridgehead atoms. The monoisotopic (exact) mass is 308 g/mol. The van der Waals surface area contributed by atoms with Gasteiger partial charge in [0.15, 0.2) is 0 Å². The molecule has 1 nitrogen and oxygen atoms in total. The van der Waals surface area contributed by atoms with Gasteiger partial charge in [0, 0.05) is 14.3 Å². The van der Waals surface area contributed by atoms with E-state index in [4.69, 9.17) is 5.11 Å². The van der Waals surface area contributed by atoms with Gasteiger partial charge in [-0.15, -0.1) is 0 Å². The number of benzene rings is 2. The molecule has 0 fully saturated rings. The average Bonchev–Trinajstić information content (AvgIpc) is 2.34. The summed E-state index contributed by atoms with van der Waals surface area (Å²) in [4.78, 5) is 2.37. The summed E-state index contributed by atoms with van der Waals surface area (Å²) in [5, 5.41) is 9.05. The first-order chi connectivity index (χ1) is 8.19. The molecule has 0 aliphatic heterocycles. The Labute approximate surface area is 114 Å². The normalized spacial score (nSPS) is 10.5. The lowest BCUT2D eigenvalue weighted by molar-refractivity contribution is 0.281. The third-order valence-corrected chi connectivity index (χ3v) is 4.43. The molecule has 2 aromatic carbocycles. The van der Waals surface area contributed by atoms with Gasteiger partial charge in [-0.3, -0.25) is 0 Å². The second-order valence-corrected chi connectivity index (χ2v) is 5.81.